The Labute approximate surface area is 98.1 Å². The van der Waals surface area contributed by atoms with Gasteiger partial charge in [0.1, 0.15) is 10.7 Å². The second kappa shape index (κ2) is 4.67. The zero-order chi connectivity index (χ0) is 11.4. The molecule has 0 atom stereocenters. The van der Waals surface area contributed by atoms with Crippen molar-refractivity contribution in [2.45, 2.75) is 0 Å². The van der Waals surface area contributed by atoms with E-state index in [-0.39, 0.29) is 0 Å². The standard InChI is InChI=1S/C11H9N3OS/c12-11(16)8-3-4-10(14-6-8)15-9-2-1-5-13-7-9/h1-7H,(H2,12,16). The van der Waals surface area contributed by atoms with Crippen LogP contribution in [0.4, 0.5) is 0 Å². The van der Waals surface area contributed by atoms with Crippen LogP contribution in [0.5, 0.6) is 11.6 Å². The molecule has 0 amide bonds. The predicted octanol–water partition coefficient (Wildman–Crippen LogP) is 1.90. The Bertz CT molecular complexity index is 484. The van der Waals surface area contributed by atoms with Crippen LogP contribution in [0.3, 0.4) is 0 Å². The van der Waals surface area contributed by atoms with Crippen LogP contribution >= 0.6 is 12.2 Å². The molecule has 0 aliphatic carbocycles. The highest BCUT2D eigenvalue weighted by Crippen LogP contribution is 2.17. The average Bonchev–Trinajstić information content (AvgIpc) is 2.31. The third-order valence-electron chi connectivity index (χ3n) is 1.88. The monoisotopic (exact) mass is 231 g/mol. The molecule has 0 fully saturated rings. The number of nitrogens with two attached hydrogens (primary N) is 1. The summed E-state index contributed by atoms with van der Waals surface area (Å²) < 4.78 is 5.46. The Hall–Kier alpha value is -2.01. The minimum absolute atomic E-state index is 0.320. The quantitative estimate of drug-likeness (QED) is 0.817. The van der Waals surface area contributed by atoms with Gasteiger partial charge in [-0.2, -0.15) is 0 Å². The molecule has 2 N–H and O–H groups in total. The van der Waals surface area contributed by atoms with Gasteiger partial charge in [-0.05, 0) is 18.2 Å². The number of thiocarbonyl (C=S) groups is 1. The van der Waals surface area contributed by atoms with E-state index in [2.05, 4.69) is 9.97 Å². The zero-order valence-corrected chi connectivity index (χ0v) is 9.15. The molecule has 2 heterocycles. The van der Waals surface area contributed by atoms with Crippen molar-refractivity contribution in [1.29, 1.82) is 0 Å². The summed E-state index contributed by atoms with van der Waals surface area (Å²) in [7, 11) is 0. The van der Waals surface area contributed by atoms with Crippen LogP contribution in [-0.2, 0) is 0 Å². The normalized spacial score (nSPS) is 9.75. The molecule has 2 aromatic rings. The molecule has 0 spiro atoms. The summed E-state index contributed by atoms with van der Waals surface area (Å²) in [5, 5.41) is 0. The number of pyridine rings is 2. The molecule has 4 nitrogen and oxygen atoms in total. The van der Waals surface area contributed by atoms with Crippen molar-refractivity contribution < 1.29 is 4.74 Å². The van der Waals surface area contributed by atoms with Gasteiger partial charge in [-0.25, -0.2) is 4.98 Å². The van der Waals surface area contributed by atoms with E-state index in [1.165, 1.54) is 0 Å². The van der Waals surface area contributed by atoms with Crippen LogP contribution in [0.25, 0.3) is 0 Å². The fourth-order valence-corrected chi connectivity index (χ4v) is 1.24. The number of rotatable bonds is 3. The molecular formula is C11H9N3OS. The van der Waals surface area contributed by atoms with Gasteiger partial charge in [-0.1, -0.05) is 12.2 Å². The smallest absolute Gasteiger partial charge is 0.219 e. The lowest BCUT2D eigenvalue weighted by molar-refractivity contribution is 0.461. The number of hydrogen-bond donors (Lipinski definition) is 1. The minimum Gasteiger partial charge on any atom is -0.437 e. The van der Waals surface area contributed by atoms with E-state index in [0.717, 1.165) is 0 Å². The van der Waals surface area contributed by atoms with Crippen LogP contribution in [0.15, 0.2) is 42.9 Å². The summed E-state index contributed by atoms with van der Waals surface area (Å²) in [4.78, 5) is 8.33. The van der Waals surface area contributed by atoms with Crippen molar-refractivity contribution in [3.05, 3.63) is 48.4 Å². The molecule has 0 saturated heterocycles. The molecular weight excluding hydrogens is 222 g/mol. The third kappa shape index (κ3) is 2.52. The van der Waals surface area contributed by atoms with Crippen LogP contribution in [0.2, 0.25) is 0 Å². The first-order valence-corrected chi connectivity index (χ1v) is 5.00. The van der Waals surface area contributed by atoms with Crippen molar-refractivity contribution in [3.63, 3.8) is 0 Å². The third-order valence-corrected chi connectivity index (χ3v) is 2.11. The van der Waals surface area contributed by atoms with E-state index in [1.54, 1.807) is 42.9 Å². The lowest BCUT2D eigenvalue weighted by Crippen LogP contribution is -2.09. The lowest BCUT2D eigenvalue weighted by atomic mass is 10.3. The maximum absolute atomic E-state index is 5.46. The summed E-state index contributed by atoms with van der Waals surface area (Å²) in [6.07, 6.45) is 4.87. The van der Waals surface area contributed by atoms with Gasteiger partial charge in [0.25, 0.3) is 0 Å². The highest BCUT2D eigenvalue weighted by molar-refractivity contribution is 7.80. The van der Waals surface area contributed by atoms with Gasteiger partial charge in [0.15, 0.2) is 0 Å². The molecule has 2 rings (SSSR count). The Balaban J connectivity index is 2.14. The first kappa shape index (κ1) is 10.5. The first-order valence-electron chi connectivity index (χ1n) is 4.59. The molecule has 0 saturated carbocycles. The van der Waals surface area contributed by atoms with Crippen molar-refractivity contribution >= 4 is 17.2 Å². The van der Waals surface area contributed by atoms with Gasteiger partial charge in [0.05, 0.1) is 6.20 Å². The maximum Gasteiger partial charge on any atom is 0.219 e. The molecule has 0 aromatic carbocycles. The van der Waals surface area contributed by atoms with Crippen LogP contribution in [-0.4, -0.2) is 15.0 Å². The summed E-state index contributed by atoms with van der Waals surface area (Å²) in [6, 6.07) is 7.07. The number of aromatic nitrogens is 2. The minimum atomic E-state index is 0.320. The number of ether oxygens (including phenoxy) is 1. The highest BCUT2D eigenvalue weighted by Gasteiger charge is 2.00. The second-order valence-electron chi connectivity index (χ2n) is 3.04. The van der Waals surface area contributed by atoms with Crippen molar-refractivity contribution in [1.82, 2.24) is 9.97 Å². The van der Waals surface area contributed by atoms with Gasteiger partial charge in [-0.15, -0.1) is 0 Å². The van der Waals surface area contributed by atoms with Gasteiger partial charge in [0.2, 0.25) is 5.88 Å². The SMILES string of the molecule is NC(=S)c1ccc(Oc2cccnc2)nc1. The van der Waals surface area contributed by atoms with E-state index in [4.69, 9.17) is 22.7 Å². The van der Waals surface area contributed by atoms with Crippen molar-refractivity contribution in [3.8, 4) is 11.6 Å². The summed E-state index contributed by atoms with van der Waals surface area (Å²) in [5.74, 6) is 1.12. The fraction of sp³-hybridized carbons (Fsp3) is 0. The van der Waals surface area contributed by atoms with Crippen molar-refractivity contribution in [2.75, 3.05) is 0 Å². The Morgan fingerprint density at radius 2 is 2.12 bits per heavy atom. The molecule has 2 aromatic heterocycles. The van der Waals surface area contributed by atoms with Crippen LogP contribution in [0, 0.1) is 0 Å². The summed E-state index contributed by atoms with van der Waals surface area (Å²) in [6.45, 7) is 0. The van der Waals surface area contributed by atoms with Crippen LogP contribution in [0.1, 0.15) is 5.56 Å². The van der Waals surface area contributed by atoms with Gasteiger partial charge < -0.3 is 10.5 Å². The molecule has 5 heteroatoms. The maximum atomic E-state index is 5.46. The Morgan fingerprint density at radius 3 is 2.69 bits per heavy atom. The Kier molecular flexibility index (Phi) is 3.07. The zero-order valence-electron chi connectivity index (χ0n) is 8.33. The van der Waals surface area contributed by atoms with Crippen molar-refractivity contribution in [2.24, 2.45) is 5.73 Å². The summed E-state index contributed by atoms with van der Waals surface area (Å²) >= 11 is 4.82. The van der Waals surface area contributed by atoms with E-state index in [0.29, 0.717) is 22.2 Å². The summed E-state index contributed by atoms with van der Waals surface area (Å²) in [5.41, 5.74) is 6.17. The predicted molar refractivity (Wildman–Crippen MR) is 64.4 cm³/mol. The van der Waals surface area contributed by atoms with E-state index >= 15 is 0 Å². The molecule has 0 radical (unpaired) electrons. The first-order chi connectivity index (χ1) is 7.75. The topological polar surface area (TPSA) is 61.0 Å². The fourth-order valence-electron chi connectivity index (χ4n) is 1.11. The average molecular weight is 231 g/mol. The van der Waals surface area contributed by atoms with Gasteiger partial charge >= 0.3 is 0 Å². The number of hydrogen-bond acceptors (Lipinski definition) is 4. The van der Waals surface area contributed by atoms with E-state index < -0.39 is 0 Å². The molecule has 0 aliphatic rings. The molecule has 0 bridgehead atoms. The van der Waals surface area contributed by atoms with E-state index in [1.807, 2.05) is 0 Å². The molecule has 0 unspecified atom stereocenters. The Morgan fingerprint density at radius 1 is 1.25 bits per heavy atom. The molecule has 16 heavy (non-hydrogen) atoms. The molecule has 0 aliphatic heterocycles. The van der Waals surface area contributed by atoms with Gasteiger partial charge in [0, 0.05) is 24.0 Å². The largest absolute Gasteiger partial charge is 0.437 e. The highest BCUT2D eigenvalue weighted by atomic mass is 32.1. The van der Waals surface area contributed by atoms with Crippen LogP contribution < -0.4 is 10.5 Å². The molecule has 80 valence electrons. The van der Waals surface area contributed by atoms with E-state index in [9.17, 15) is 0 Å². The van der Waals surface area contributed by atoms with Gasteiger partial charge in [-0.3, -0.25) is 4.98 Å². The lowest BCUT2D eigenvalue weighted by Gasteiger charge is -2.04. The number of nitrogens with zero attached hydrogens (tertiary/aromatic N) is 2. The second-order valence-corrected chi connectivity index (χ2v) is 3.48.